The van der Waals surface area contributed by atoms with Crippen molar-refractivity contribution < 1.29 is 19.1 Å². The monoisotopic (exact) mass is 314 g/mol. The van der Waals surface area contributed by atoms with Crippen LogP contribution in [0.4, 0.5) is 0 Å². The molecule has 1 rings (SSSR count). The standard InChI is InChI=1S/C16H30O4Si/c1-7-8-9-13-15(18)12(10-14(17)20-13)11-19-21(5,6)16(2,3)4/h10,13-14,17H,7-9,11H2,1-6H3/t13-,14?/m1/s1. The van der Waals surface area contributed by atoms with Crippen LogP contribution in [0.15, 0.2) is 11.6 Å². The summed E-state index contributed by atoms with van der Waals surface area (Å²) in [7, 11) is -1.90. The van der Waals surface area contributed by atoms with E-state index in [1.807, 2.05) is 0 Å². The summed E-state index contributed by atoms with van der Waals surface area (Å²) in [6, 6.07) is 0. The second kappa shape index (κ2) is 7.18. The molecule has 0 saturated carbocycles. The van der Waals surface area contributed by atoms with Gasteiger partial charge >= 0.3 is 0 Å². The number of hydrogen-bond acceptors (Lipinski definition) is 4. The first kappa shape index (κ1) is 18.6. The number of hydrogen-bond donors (Lipinski definition) is 1. The van der Waals surface area contributed by atoms with Crippen LogP contribution in [0.3, 0.4) is 0 Å². The maximum atomic E-state index is 12.4. The van der Waals surface area contributed by atoms with E-state index in [1.165, 1.54) is 6.08 Å². The van der Waals surface area contributed by atoms with Gasteiger partial charge in [0.05, 0.1) is 6.61 Å². The largest absolute Gasteiger partial charge is 0.412 e. The molecule has 0 spiro atoms. The van der Waals surface area contributed by atoms with Gasteiger partial charge < -0.3 is 14.3 Å². The zero-order valence-corrected chi connectivity index (χ0v) is 15.2. The molecule has 0 fully saturated rings. The Morgan fingerprint density at radius 3 is 2.52 bits per heavy atom. The molecule has 0 aromatic carbocycles. The first-order chi connectivity index (χ1) is 9.58. The number of unbranched alkanes of at least 4 members (excludes halogenated alkanes) is 1. The molecule has 1 unspecified atom stereocenters. The van der Waals surface area contributed by atoms with E-state index in [-0.39, 0.29) is 17.4 Å². The Morgan fingerprint density at radius 2 is 2.00 bits per heavy atom. The molecule has 0 aliphatic carbocycles. The Balaban J connectivity index is 2.71. The second-order valence-electron chi connectivity index (χ2n) is 7.26. The Labute approximate surface area is 129 Å². The molecule has 0 bridgehead atoms. The van der Waals surface area contributed by atoms with Crippen molar-refractivity contribution in [3.05, 3.63) is 11.6 Å². The topological polar surface area (TPSA) is 55.8 Å². The molecule has 21 heavy (non-hydrogen) atoms. The number of carbonyl (C=O) groups is 1. The van der Waals surface area contributed by atoms with Crippen molar-refractivity contribution in [2.24, 2.45) is 0 Å². The van der Waals surface area contributed by atoms with Crippen LogP contribution in [-0.4, -0.2) is 38.2 Å². The summed E-state index contributed by atoms with van der Waals surface area (Å²) in [6.45, 7) is 13.2. The normalized spacial score (nSPS) is 24.1. The Morgan fingerprint density at radius 1 is 1.38 bits per heavy atom. The molecule has 1 heterocycles. The zero-order chi connectivity index (χ0) is 16.3. The van der Waals surface area contributed by atoms with E-state index in [1.54, 1.807) is 0 Å². The summed E-state index contributed by atoms with van der Waals surface area (Å²) < 4.78 is 11.4. The molecule has 4 nitrogen and oxygen atoms in total. The van der Waals surface area contributed by atoms with Crippen LogP contribution in [0.1, 0.15) is 47.0 Å². The van der Waals surface area contributed by atoms with Crippen molar-refractivity contribution in [3.63, 3.8) is 0 Å². The Hall–Kier alpha value is -0.493. The van der Waals surface area contributed by atoms with Gasteiger partial charge in [-0.3, -0.25) is 4.79 Å². The lowest BCUT2D eigenvalue weighted by atomic mass is 10.00. The van der Waals surface area contributed by atoms with Gasteiger partial charge in [0.25, 0.3) is 0 Å². The van der Waals surface area contributed by atoms with E-state index < -0.39 is 20.7 Å². The smallest absolute Gasteiger partial charge is 0.192 e. The molecule has 0 radical (unpaired) electrons. The Bertz CT molecular complexity index is 396. The highest BCUT2D eigenvalue weighted by Crippen LogP contribution is 2.37. The minimum absolute atomic E-state index is 0.0348. The minimum Gasteiger partial charge on any atom is -0.412 e. The fraction of sp³-hybridized carbons (Fsp3) is 0.812. The van der Waals surface area contributed by atoms with E-state index in [0.29, 0.717) is 12.0 Å². The third-order valence-electron chi connectivity index (χ3n) is 4.47. The van der Waals surface area contributed by atoms with Crippen molar-refractivity contribution in [3.8, 4) is 0 Å². The predicted octanol–water partition coefficient (Wildman–Crippen LogP) is 3.41. The predicted molar refractivity (Wildman–Crippen MR) is 86.6 cm³/mol. The summed E-state index contributed by atoms with van der Waals surface area (Å²) >= 11 is 0. The van der Waals surface area contributed by atoms with Crippen LogP contribution in [-0.2, 0) is 14.0 Å². The van der Waals surface area contributed by atoms with Crippen molar-refractivity contribution in [1.29, 1.82) is 0 Å². The summed E-state index contributed by atoms with van der Waals surface area (Å²) in [5.74, 6) is -0.0348. The third-order valence-corrected chi connectivity index (χ3v) is 8.95. The van der Waals surface area contributed by atoms with Gasteiger partial charge in [-0.15, -0.1) is 0 Å². The molecule has 0 saturated heterocycles. The molecule has 1 aliphatic rings. The van der Waals surface area contributed by atoms with Crippen molar-refractivity contribution in [2.75, 3.05) is 6.61 Å². The van der Waals surface area contributed by atoms with Gasteiger partial charge in [-0.25, -0.2) is 0 Å². The van der Waals surface area contributed by atoms with Gasteiger partial charge in [-0.1, -0.05) is 40.5 Å². The van der Waals surface area contributed by atoms with Crippen molar-refractivity contribution in [2.45, 2.75) is 77.5 Å². The number of aliphatic hydroxyl groups excluding tert-OH is 1. The molecule has 1 N–H and O–H groups in total. The van der Waals surface area contributed by atoms with E-state index in [4.69, 9.17) is 9.16 Å². The molecule has 1 aliphatic heterocycles. The number of ether oxygens (including phenoxy) is 1. The van der Waals surface area contributed by atoms with Gasteiger partial charge in [0.1, 0.15) is 6.10 Å². The lowest BCUT2D eigenvalue weighted by molar-refractivity contribution is -0.151. The van der Waals surface area contributed by atoms with E-state index in [9.17, 15) is 9.90 Å². The molecular formula is C16H30O4Si. The average Bonchev–Trinajstić information content (AvgIpc) is 2.36. The van der Waals surface area contributed by atoms with Crippen LogP contribution in [0, 0.1) is 0 Å². The summed E-state index contributed by atoms with van der Waals surface area (Å²) in [5, 5.41) is 9.86. The van der Waals surface area contributed by atoms with Gasteiger partial charge in [0, 0.05) is 5.57 Å². The molecule has 0 aromatic heterocycles. The van der Waals surface area contributed by atoms with Crippen LogP contribution >= 0.6 is 0 Å². The maximum absolute atomic E-state index is 12.4. The fourth-order valence-electron chi connectivity index (χ4n) is 1.91. The highest BCUT2D eigenvalue weighted by Gasteiger charge is 2.38. The lowest BCUT2D eigenvalue weighted by Gasteiger charge is -2.37. The highest BCUT2D eigenvalue weighted by molar-refractivity contribution is 6.74. The molecular weight excluding hydrogens is 284 g/mol. The molecule has 2 atom stereocenters. The van der Waals surface area contributed by atoms with Crippen molar-refractivity contribution >= 4 is 14.1 Å². The maximum Gasteiger partial charge on any atom is 0.192 e. The number of aliphatic hydroxyl groups is 1. The average molecular weight is 314 g/mol. The van der Waals surface area contributed by atoms with E-state index in [2.05, 4.69) is 40.8 Å². The Kier molecular flexibility index (Phi) is 6.34. The number of carbonyl (C=O) groups excluding carboxylic acids is 1. The van der Waals surface area contributed by atoms with Gasteiger partial charge in [-0.2, -0.15) is 0 Å². The van der Waals surface area contributed by atoms with Gasteiger partial charge in [-0.05, 0) is 30.6 Å². The quantitative estimate of drug-likeness (QED) is 0.763. The number of ketones is 1. The zero-order valence-electron chi connectivity index (χ0n) is 14.2. The highest BCUT2D eigenvalue weighted by atomic mass is 28.4. The number of Topliss-reactive ketones (excluding diaryl/α,β-unsaturated/α-hetero) is 1. The first-order valence-corrected chi connectivity index (χ1v) is 10.7. The fourth-order valence-corrected chi connectivity index (χ4v) is 2.86. The van der Waals surface area contributed by atoms with Crippen LogP contribution in [0.25, 0.3) is 0 Å². The summed E-state index contributed by atoms with van der Waals surface area (Å²) in [4.78, 5) is 12.4. The summed E-state index contributed by atoms with van der Waals surface area (Å²) in [5.41, 5.74) is 0.555. The summed E-state index contributed by atoms with van der Waals surface area (Å²) in [6.07, 6.45) is 2.54. The molecule has 5 heteroatoms. The third kappa shape index (κ3) is 5.02. The minimum atomic E-state index is -1.90. The number of rotatable bonds is 6. The van der Waals surface area contributed by atoms with Gasteiger partial charge in [0.15, 0.2) is 20.4 Å². The van der Waals surface area contributed by atoms with Crippen LogP contribution in [0.5, 0.6) is 0 Å². The van der Waals surface area contributed by atoms with E-state index in [0.717, 1.165) is 12.8 Å². The lowest BCUT2D eigenvalue weighted by Crippen LogP contribution is -2.43. The second-order valence-corrected chi connectivity index (χ2v) is 12.1. The van der Waals surface area contributed by atoms with Crippen molar-refractivity contribution in [1.82, 2.24) is 0 Å². The molecule has 0 amide bonds. The first-order valence-electron chi connectivity index (χ1n) is 7.81. The van der Waals surface area contributed by atoms with Crippen LogP contribution in [0.2, 0.25) is 18.1 Å². The van der Waals surface area contributed by atoms with Crippen LogP contribution < -0.4 is 0 Å². The van der Waals surface area contributed by atoms with E-state index >= 15 is 0 Å². The SMILES string of the molecule is CCCC[C@H]1OC(O)C=C(CO[Si](C)(C)C(C)(C)C)C1=O. The molecule has 0 aromatic rings. The van der Waals surface area contributed by atoms with Gasteiger partial charge in [0.2, 0.25) is 0 Å². The molecule has 122 valence electrons.